The van der Waals surface area contributed by atoms with E-state index in [-0.39, 0.29) is 0 Å². The molecule has 4 heteroatoms. The summed E-state index contributed by atoms with van der Waals surface area (Å²) >= 11 is 1.67. The normalized spacial score (nSPS) is 10.9. The van der Waals surface area contributed by atoms with Gasteiger partial charge in [-0.2, -0.15) is 0 Å². The van der Waals surface area contributed by atoms with E-state index in [0.717, 1.165) is 33.3 Å². The Morgan fingerprint density at radius 1 is 0.529 bits per heavy atom. The monoisotopic (exact) mass is 455 g/mol. The van der Waals surface area contributed by atoms with Gasteiger partial charge in [-0.25, -0.2) is 4.98 Å². The molecule has 34 heavy (non-hydrogen) atoms. The van der Waals surface area contributed by atoms with E-state index in [1.165, 1.54) is 15.8 Å². The minimum Gasteiger partial charge on any atom is -0.309 e. The second kappa shape index (κ2) is 8.93. The second-order valence-corrected chi connectivity index (χ2v) is 9.00. The molecule has 0 saturated heterocycles. The molecular weight excluding hydrogens is 434 g/mol. The average molecular weight is 456 g/mol. The standard InChI is InChI=1S/C30H21N3S/c1-3-9-22(10-4-1)23-15-17-25(18-16-23)33(24-11-5-2-6-12-24)26-19-20-28(31-21-26)30-32-27-13-7-8-14-29(27)34-30/h1-21H. The number of hydrogen-bond acceptors (Lipinski definition) is 4. The molecule has 4 aromatic carbocycles. The SMILES string of the molecule is c1ccc(-c2ccc(N(c3ccccc3)c3ccc(-c4nc5ccccc5s4)nc3)cc2)cc1. The Kier molecular flexibility index (Phi) is 5.34. The van der Waals surface area contributed by atoms with Crippen molar-refractivity contribution < 1.29 is 0 Å². The van der Waals surface area contributed by atoms with Gasteiger partial charge in [-0.15, -0.1) is 11.3 Å². The van der Waals surface area contributed by atoms with E-state index >= 15 is 0 Å². The second-order valence-electron chi connectivity index (χ2n) is 7.97. The van der Waals surface area contributed by atoms with E-state index in [0.29, 0.717) is 0 Å². The van der Waals surface area contributed by atoms with Crippen LogP contribution in [-0.4, -0.2) is 9.97 Å². The van der Waals surface area contributed by atoms with Crippen LogP contribution in [0.3, 0.4) is 0 Å². The number of anilines is 3. The van der Waals surface area contributed by atoms with Crippen molar-refractivity contribution in [2.45, 2.75) is 0 Å². The fraction of sp³-hybridized carbons (Fsp3) is 0. The van der Waals surface area contributed by atoms with E-state index in [4.69, 9.17) is 9.97 Å². The first-order valence-electron chi connectivity index (χ1n) is 11.2. The molecule has 0 saturated carbocycles. The van der Waals surface area contributed by atoms with Crippen LogP contribution in [0.15, 0.2) is 128 Å². The maximum absolute atomic E-state index is 4.79. The van der Waals surface area contributed by atoms with Crippen molar-refractivity contribution in [2.24, 2.45) is 0 Å². The van der Waals surface area contributed by atoms with E-state index in [9.17, 15) is 0 Å². The van der Waals surface area contributed by atoms with Crippen molar-refractivity contribution >= 4 is 38.6 Å². The largest absolute Gasteiger partial charge is 0.309 e. The van der Waals surface area contributed by atoms with Crippen LogP contribution in [0.25, 0.3) is 32.0 Å². The van der Waals surface area contributed by atoms with Crippen molar-refractivity contribution in [1.82, 2.24) is 9.97 Å². The first kappa shape index (κ1) is 20.3. The molecule has 0 unspecified atom stereocenters. The lowest BCUT2D eigenvalue weighted by Gasteiger charge is -2.25. The number of aromatic nitrogens is 2. The smallest absolute Gasteiger partial charge is 0.143 e. The molecule has 0 N–H and O–H groups in total. The summed E-state index contributed by atoms with van der Waals surface area (Å²) in [5.74, 6) is 0. The van der Waals surface area contributed by atoms with E-state index < -0.39 is 0 Å². The Morgan fingerprint density at radius 2 is 1.15 bits per heavy atom. The van der Waals surface area contributed by atoms with Crippen molar-refractivity contribution in [3.8, 4) is 21.8 Å². The zero-order chi connectivity index (χ0) is 22.7. The molecular formula is C30H21N3S. The summed E-state index contributed by atoms with van der Waals surface area (Å²) in [6, 6.07) is 41.9. The highest BCUT2D eigenvalue weighted by Gasteiger charge is 2.14. The number of para-hydroxylation sites is 2. The van der Waals surface area contributed by atoms with Gasteiger partial charge in [-0.3, -0.25) is 4.98 Å². The Morgan fingerprint density at radius 3 is 1.85 bits per heavy atom. The van der Waals surface area contributed by atoms with Crippen molar-refractivity contribution in [1.29, 1.82) is 0 Å². The van der Waals surface area contributed by atoms with Crippen LogP contribution in [-0.2, 0) is 0 Å². The molecule has 3 nitrogen and oxygen atoms in total. The van der Waals surface area contributed by atoms with Gasteiger partial charge in [0.25, 0.3) is 0 Å². The Bertz CT molecular complexity index is 1490. The maximum atomic E-state index is 4.79. The summed E-state index contributed by atoms with van der Waals surface area (Å²) < 4.78 is 1.17. The van der Waals surface area contributed by atoms with Crippen LogP contribution in [0.5, 0.6) is 0 Å². The molecule has 0 aliphatic carbocycles. The fourth-order valence-corrected chi connectivity index (χ4v) is 5.03. The number of pyridine rings is 1. The Hall–Kier alpha value is -4.28. The molecule has 2 aromatic heterocycles. The highest BCUT2D eigenvalue weighted by atomic mass is 32.1. The third-order valence-electron chi connectivity index (χ3n) is 5.77. The van der Waals surface area contributed by atoms with Gasteiger partial charge in [0.1, 0.15) is 5.01 Å². The molecule has 0 atom stereocenters. The number of fused-ring (bicyclic) bond motifs is 1. The minimum absolute atomic E-state index is 0.886. The predicted molar refractivity (Wildman–Crippen MR) is 143 cm³/mol. The molecule has 0 aliphatic rings. The molecule has 0 fully saturated rings. The third kappa shape index (κ3) is 3.96. The van der Waals surface area contributed by atoms with Gasteiger partial charge in [-0.1, -0.05) is 72.8 Å². The summed E-state index contributed by atoms with van der Waals surface area (Å²) in [6.07, 6.45) is 1.93. The average Bonchev–Trinajstić information content (AvgIpc) is 3.35. The number of hydrogen-bond donors (Lipinski definition) is 0. The van der Waals surface area contributed by atoms with Crippen LogP contribution < -0.4 is 4.90 Å². The maximum Gasteiger partial charge on any atom is 0.143 e. The first-order valence-corrected chi connectivity index (χ1v) is 12.0. The molecule has 0 amide bonds. The zero-order valence-electron chi connectivity index (χ0n) is 18.4. The van der Waals surface area contributed by atoms with Crippen LogP contribution in [0.2, 0.25) is 0 Å². The molecule has 6 aromatic rings. The summed E-state index contributed by atoms with van der Waals surface area (Å²) in [5, 5.41) is 0.936. The summed E-state index contributed by atoms with van der Waals surface area (Å²) in [4.78, 5) is 11.8. The van der Waals surface area contributed by atoms with Gasteiger partial charge in [0.2, 0.25) is 0 Å². The van der Waals surface area contributed by atoms with E-state index in [1.807, 2.05) is 36.5 Å². The lowest BCUT2D eigenvalue weighted by atomic mass is 10.1. The zero-order valence-corrected chi connectivity index (χ0v) is 19.2. The highest BCUT2D eigenvalue weighted by Crippen LogP contribution is 2.36. The summed E-state index contributed by atoms with van der Waals surface area (Å²) in [6.45, 7) is 0. The van der Waals surface area contributed by atoms with Crippen molar-refractivity contribution in [3.05, 3.63) is 128 Å². The van der Waals surface area contributed by atoms with Gasteiger partial charge in [0.15, 0.2) is 0 Å². The van der Waals surface area contributed by atoms with Crippen molar-refractivity contribution in [3.63, 3.8) is 0 Å². The Balaban J connectivity index is 1.37. The van der Waals surface area contributed by atoms with Crippen LogP contribution in [0.4, 0.5) is 17.1 Å². The van der Waals surface area contributed by atoms with Gasteiger partial charge < -0.3 is 4.90 Å². The Labute approximate surface area is 202 Å². The first-order chi connectivity index (χ1) is 16.8. The highest BCUT2D eigenvalue weighted by molar-refractivity contribution is 7.21. The molecule has 0 spiro atoms. The van der Waals surface area contributed by atoms with Crippen LogP contribution in [0.1, 0.15) is 0 Å². The summed E-state index contributed by atoms with van der Waals surface area (Å²) in [5.41, 5.74) is 7.48. The minimum atomic E-state index is 0.886. The fourth-order valence-electron chi connectivity index (χ4n) is 4.08. The number of benzene rings is 4. The molecule has 6 rings (SSSR count). The third-order valence-corrected chi connectivity index (χ3v) is 6.82. The van der Waals surface area contributed by atoms with Gasteiger partial charge in [-0.05, 0) is 59.7 Å². The van der Waals surface area contributed by atoms with Gasteiger partial charge in [0, 0.05) is 11.4 Å². The lowest BCUT2D eigenvalue weighted by molar-refractivity contribution is 1.23. The molecule has 2 heterocycles. The van der Waals surface area contributed by atoms with Crippen LogP contribution in [0, 0.1) is 0 Å². The molecule has 162 valence electrons. The lowest BCUT2D eigenvalue weighted by Crippen LogP contribution is -2.10. The predicted octanol–water partition coefficient (Wildman–Crippen LogP) is 8.50. The quantitative estimate of drug-likeness (QED) is 0.261. The number of rotatable bonds is 5. The summed E-state index contributed by atoms with van der Waals surface area (Å²) in [7, 11) is 0. The topological polar surface area (TPSA) is 29.0 Å². The van der Waals surface area contributed by atoms with Gasteiger partial charge in [0.05, 0.1) is 27.8 Å². The number of thiazole rings is 1. The van der Waals surface area contributed by atoms with E-state index in [2.05, 4.69) is 95.9 Å². The van der Waals surface area contributed by atoms with Crippen LogP contribution >= 0.6 is 11.3 Å². The van der Waals surface area contributed by atoms with E-state index in [1.54, 1.807) is 11.3 Å². The van der Waals surface area contributed by atoms with Gasteiger partial charge >= 0.3 is 0 Å². The number of nitrogens with zero attached hydrogens (tertiary/aromatic N) is 3. The molecule has 0 bridgehead atoms. The molecule has 0 radical (unpaired) electrons. The molecule has 0 aliphatic heterocycles. The van der Waals surface area contributed by atoms with Crippen molar-refractivity contribution in [2.75, 3.05) is 4.90 Å².